The van der Waals surface area contributed by atoms with Crippen molar-refractivity contribution in [3.05, 3.63) is 21.9 Å². The lowest BCUT2D eigenvalue weighted by Crippen LogP contribution is -1.90. The van der Waals surface area contributed by atoms with Crippen LogP contribution in [0, 0.1) is 10.1 Å². The Morgan fingerprint density at radius 3 is 2.50 bits per heavy atom. The van der Waals surface area contributed by atoms with Gasteiger partial charge >= 0.3 is 0 Å². The number of allylic oxidation sites excluding steroid dienone is 1. The largest absolute Gasteiger partial charge is 0.259 e. The molecule has 12 heavy (non-hydrogen) atoms. The van der Waals surface area contributed by atoms with Crippen LogP contribution in [0.5, 0.6) is 0 Å². The van der Waals surface area contributed by atoms with E-state index >= 15 is 0 Å². The molecule has 0 aromatic heterocycles. The molecule has 0 saturated heterocycles. The molecular formula is C9H17NO2. The SMILES string of the molecule is CCCCC/C(=C/[N+](=O)[O-])CC. The van der Waals surface area contributed by atoms with Crippen molar-refractivity contribution in [3.63, 3.8) is 0 Å². The Morgan fingerprint density at radius 2 is 2.08 bits per heavy atom. The van der Waals surface area contributed by atoms with Gasteiger partial charge < -0.3 is 0 Å². The van der Waals surface area contributed by atoms with Crippen LogP contribution in [-0.2, 0) is 0 Å². The van der Waals surface area contributed by atoms with Crippen molar-refractivity contribution < 1.29 is 4.92 Å². The molecule has 0 saturated carbocycles. The number of nitro groups is 1. The fourth-order valence-corrected chi connectivity index (χ4v) is 1.08. The zero-order chi connectivity index (χ0) is 9.40. The zero-order valence-corrected chi connectivity index (χ0v) is 7.88. The van der Waals surface area contributed by atoms with E-state index in [9.17, 15) is 10.1 Å². The Morgan fingerprint density at radius 1 is 1.42 bits per heavy atom. The fourth-order valence-electron chi connectivity index (χ4n) is 1.08. The first-order valence-corrected chi connectivity index (χ1v) is 4.53. The third kappa shape index (κ3) is 5.89. The molecule has 70 valence electrons. The minimum atomic E-state index is -0.356. The van der Waals surface area contributed by atoms with Crippen molar-refractivity contribution in [1.29, 1.82) is 0 Å². The van der Waals surface area contributed by atoms with Gasteiger partial charge in [-0.25, -0.2) is 0 Å². The summed E-state index contributed by atoms with van der Waals surface area (Å²) in [4.78, 5) is 9.77. The van der Waals surface area contributed by atoms with Crippen molar-refractivity contribution in [1.82, 2.24) is 0 Å². The molecule has 3 nitrogen and oxygen atoms in total. The van der Waals surface area contributed by atoms with Gasteiger partial charge in [-0.05, 0) is 24.8 Å². The zero-order valence-electron chi connectivity index (χ0n) is 7.88. The lowest BCUT2D eigenvalue weighted by atomic mass is 10.1. The molecule has 0 heterocycles. The Kier molecular flexibility index (Phi) is 6.34. The minimum Gasteiger partial charge on any atom is -0.259 e. The molecular weight excluding hydrogens is 154 g/mol. The predicted molar refractivity (Wildman–Crippen MR) is 49.5 cm³/mol. The van der Waals surface area contributed by atoms with Gasteiger partial charge in [-0.2, -0.15) is 0 Å². The average Bonchev–Trinajstić information content (AvgIpc) is 2.02. The third-order valence-corrected chi connectivity index (χ3v) is 1.84. The fraction of sp³-hybridized carbons (Fsp3) is 0.778. The Bertz CT molecular complexity index is 164. The summed E-state index contributed by atoms with van der Waals surface area (Å²) in [6.45, 7) is 4.09. The predicted octanol–water partition coefficient (Wildman–Crippen LogP) is 3.14. The highest BCUT2D eigenvalue weighted by molar-refractivity contribution is 4.95. The molecule has 0 unspecified atom stereocenters. The van der Waals surface area contributed by atoms with Crippen molar-refractivity contribution in [2.24, 2.45) is 0 Å². The van der Waals surface area contributed by atoms with Gasteiger partial charge in [-0.15, -0.1) is 0 Å². The maximum Gasteiger partial charge on any atom is 0.233 e. The molecule has 0 spiro atoms. The van der Waals surface area contributed by atoms with Gasteiger partial charge in [-0.3, -0.25) is 10.1 Å². The van der Waals surface area contributed by atoms with E-state index in [0.29, 0.717) is 0 Å². The van der Waals surface area contributed by atoms with E-state index in [1.165, 1.54) is 0 Å². The molecule has 0 aliphatic carbocycles. The second kappa shape index (κ2) is 6.83. The number of hydrogen-bond donors (Lipinski definition) is 0. The van der Waals surface area contributed by atoms with Crippen molar-refractivity contribution in [2.45, 2.75) is 46.0 Å². The summed E-state index contributed by atoms with van der Waals surface area (Å²) in [6.07, 6.45) is 6.22. The van der Waals surface area contributed by atoms with Crippen LogP contribution in [0.1, 0.15) is 46.0 Å². The molecule has 0 fully saturated rings. The second-order valence-corrected chi connectivity index (χ2v) is 2.88. The molecule has 0 aliphatic heterocycles. The highest BCUT2D eigenvalue weighted by Crippen LogP contribution is 2.11. The highest BCUT2D eigenvalue weighted by Gasteiger charge is 1.99. The normalized spacial score (nSPS) is 11.7. The molecule has 0 aliphatic rings. The standard InChI is InChI=1S/C9H17NO2/c1-3-5-6-7-9(4-2)8-10(11)12/h8H,3-7H2,1-2H3/b9-8+. The van der Waals surface area contributed by atoms with E-state index in [0.717, 1.165) is 43.9 Å². The van der Waals surface area contributed by atoms with E-state index in [1.807, 2.05) is 6.92 Å². The van der Waals surface area contributed by atoms with Gasteiger partial charge in [0.2, 0.25) is 6.20 Å². The lowest BCUT2D eigenvalue weighted by molar-refractivity contribution is -0.403. The first-order chi connectivity index (χ1) is 5.70. The van der Waals surface area contributed by atoms with Crippen molar-refractivity contribution in [3.8, 4) is 0 Å². The van der Waals surface area contributed by atoms with E-state index in [2.05, 4.69) is 6.92 Å². The summed E-state index contributed by atoms with van der Waals surface area (Å²) < 4.78 is 0. The molecule has 0 bridgehead atoms. The smallest absolute Gasteiger partial charge is 0.233 e. The van der Waals surface area contributed by atoms with Crippen LogP contribution in [0.3, 0.4) is 0 Å². The quantitative estimate of drug-likeness (QED) is 0.350. The monoisotopic (exact) mass is 171 g/mol. The maximum atomic E-state index is 10.1. The lowest BCUT2D eigenvalue weighted by Gasteiger charge is -1.99. The first kappa shape index (κ1) is 11.1. The molecule has 3 heteroatoms. The summed E-state index contributed by atoms with van der Waals surface area (Å²) in [6, 6.07) is 0. The van der Waals surface area contributed by atoms with Crippen LogP contribution in [0.4, 0.5) is 0 Å². The van der Waals surface area contributed by atoms with Gasteiger partial charge in [0.25, 0.3) is 0 Å². The van der Waals surface area contributed by atoms with Gasteiger partial charge in [0.1, 0.15) is 0 Å². The van der Waals surface area contributed by atoms with Crippen LogP contribution in [0.2, 0.25) is 0 Å². The molecule has 0 radical (unpaired) electrons. The van der Waals surface area contributed by atoms with Crippen LogP contribution < -0.4 is 0 Å². The van der Waals surface area contributed by atoms with Crippen LogP contribution >= 0.6 is 0 Å². The molecule has 0 atom stereocenters. The molecule has 0 N–H and O–H groups in total. The summed E-state index contributed by atoms with van der Waals surface area (Å²) >= 11 is 0. The molecule has 0 aromatic carbocycles. The number of rotatable bonds is 6. The van der Waals surface area contributed by atoms with Crippen LogP contribution in [0.15, 0.2) is 11.8 Å². The number of hydrogen-bond acceptors (Lipinski definition) is 2. The Balaban J connectivity index is 3.75. The molecule has 0 aromatic rings. The van der Waals surface area contributed by atoms with Crippen molar-refractivity contribution >= 4 is 0 Å². The second-order valence-electron chi connectivity index (χ2n) is 2.88. The first-order valence-electron chi connectivity index (χ1n) is 4.53. The summed E-state index contributed by atoms with van der Waals surface area (Å²) in [5, 5.41) is 10.1. The topological polar surface area (TPSA) is 43.1 Å². The Hall–Kier alpha value is -0.860. The summed E-state index contributed by atoms with van der Waals surface area (Å²) in [7, 11) is 0. The van der Waals surface area contributed by atoms with Gasteiger partial charge in [0, 0.05) is 0 Å². The van der Waals surface area contributed by atoms with E-state index in [4.69, 9.17) is 0 Å². The van der Waals surface area contributed by atoms with Gasteiger partial charge in [0.05, 0.1) is 4.92 Å². The Labute approximate surface area is 73.6 Å². The minimum absolute atomic E-state index is 0.356. The van der Waals surface area contributed by atoms with Crippen LogP contribution in [0.25, 0.3) is 0 Å². The van der Waals surface area contributed by atoms with Gasteiger partial charge in [-0.1, -0.05) is 26.7 Å². The van der Waals surface area contributed by atoms with E-state index in [1.54, 1.807) is 0 Å². The summed E-state index contributed by atoms with van der Waals surface area (Å²) in [5.41, 5.74) is 0.952. The number of unbranched alkanes of at least 4 members (excludes halogenated alkanes) is 2. The van der Waals surface area contributed by atoms with Gasteiger partial charge in [0.15, 0.2) is 0 Å². The highest BCUT2D eigenvalue weighted by atomic mass is 16.6. The number of nitrogens with zero attached hydrogens (tertiary/aromatic N) is 1. The third-order valence-electron chi connectivity index (χ3n) is 1.84. The summed E-state index contributed by atoms with van der Waals surface area (Å²) in [5.74, 6) is 0. The maximum absolute atomic E-state index is 10.1. The van der Waals surface area contributed by atoms with Crippen molar-refractivity contribution in [2.75, 3.05) is 0 Å². The average molecular weight is 171 g/mol. The molecule has 0 amide bonds. The van der Waals surface area contributed by atoms with E-state index < -0.39 is 0 Å². The molecule has 0 rings (SSSR count). The van der Waals surface area contributed by atoms with E-state index in [-0.39, 0.29) is 4.92 Å². The van der Waals surface area contributed by atoms with Crippen LogP contribution in [-0.4, -0.2) is 4.92 Å².